The SMILES string of the molecule is C#Cc1cccc(C2(NC[C@@H](O)[C@H](Cc3cc(F)cc(F)c3)NC(C)=O)CCCCC2)c1. The molecule has 0 saturated heterocycles. The molecule has 2 atom stereocenters. The summed E-state index contributed by atoms with van der Waals surface area (Å²) < 4.78 is 27.2. The second-order valence-electron chi connectivity index (χ2n) is 8.60. The van der Waals surface area contributed by atoms with Gasteiger partial charge in [0.15, 0.2) is 0 Å². The van der Waals surface area contributed by atoms with Crippen molar-refractivity contribution in [1.82, 2.24) is 10.6 Å². The Hall–Kier alpha value is -2.75. The zero-order valence-electron chi connectivity index (χ0n) is 18.3. The second-order valence-corrected chi connectivity index (χ2v) is 8.60. The van der Waals surface area contributed by atoms with Gasteiger partial charge in [0, 0.05) is 30.6 Å². The van der Waals surface area contributed by atoms with Gasteiger partial charge in [0.25, 0.3) is 0 Å². The van der Waals surface area contributed by atoms with Crippen LogP contribution in [0.3, 0.4) is 0 Å². The normalized spacial score (nSPS) is 17.2. The minimum absolute atomic E-state index is 0.108. The van der Waals surface area contributed by atoms with Crippen LogP contribution in [0, 0.1) is 24.0 Å². The van der Waals surface area contributed by atoms with Gasteiger partial charge in [0.05, 0.1) is 12.1 Å². The highest BCUT2D eigenvalue weighted by Gasteiger charge is 2.35. The maximum absolute atomic E-state index is 13.6. The first-order chi connectivity index (χ1) is 15.3. The number of aliphatic hydroxyl groups excluding tert-OH is 1. The van der Waals surface area contributed by atoms with Crippen LogP contribution in [0.15, 0.2) is 42.5 Å². The lowest BCUT2D eigenvalue weighted by Gasteiger charge is -2.40. The molecule has 170 valence electrons. The third-order valence-electron chi connectivity index (χ3n) is 6.17. The first-order valence-corrected chi connectivity index (χ1v) is 11.0. The molecule has 3 rings (SSSR count). The van der Waals surface area contributed by atoms with Crippen molar-refractivity contribution < 1.29 is 18.7 Å². The van der Waals surface area contributed by atoms with Crippen molar-refractivity contribution in [1.29, 1.82) is 0 Å². The number of carbonyl (C=O) groups is 1. The fourth-order valence-corrected chi connectivity index (χ4v) is 4.60. The zero-order chi connectivity index (χ0) is 23.1. The smallest absolute Gasteiger partial charge is 0.217 e. The Bertz CT molecular complexity index is 960. The third kappa shape index (κ3) is 6.15. The maximum atomic E-state index is 13.6. The highest BCUT2D eigenvalue weighted by Crippen LogP contribution is 2.37. The number of hydrogen-bond donors (Lipinski definition) is 3. The molecule has 6 heteroatoms. The first kappa shape index (κ1) is 23.9. The van der Waals surface area contributed by atoms with E-state index in [1.165, 1.54) is 19.1 Å². The third-order valence-corrected chi connectivity index (χ3v) is 6.17. The van der Waals surface area contributed by atoms with Crippen LogP contribution in [0.5, 0.6) is 0 Å². The summed E-state index contributed by atoms with van der Waals surface area (Å²) >= 11 is 0. The van der Waals surface area contributed by atoms with Crippen molar-refractivity contribution in [3.05, 3.63) is 70.8 Å². The Morgan fingerprint density at radius 3 is 2.47 bits per heavy atom. The number of nitrogens with one attached hydrogen (secondary N) is 2. The van der Waals surface area contributed by atoms with Gasteiger partial charge < -0.3 is 15.7 Å². The summed E-state index contributed by atoms with van der Waals surface area (Å²) in [5.74, 6) is 0.977. The quantitative estimate of drug-likeness (QED) is 0.547. The number of rotatable bonds is 8. The number of terminal acetylenes is 1. The van der Waals surface area contributed by atoms with E-state index in [9.17, 15) is 18.7 Å². The standard InChI is InChI=1S/C26H30F2N2O2/c1-3-19-8-7-9-21(12-19)26(10-5-4-6-11-26)29-17-25(32)24(30-18(2)31)15-20-13-22(27)16-23(28)14-20/h1,7-9,12-14,16,24-25,29,32H,4-6,10-11,15,17H2,2H3,(H,30,31)/t24-,25+/m0/s1. The highest BCUT2D eigenvalue weighted by atomic mass is 19.1. The lowest BCUT2D eigenvalue weighted by Crippen LogP contribution is -2.53. The number of aliphatic hydroxyl groups is 1. The van der Waals surface area contributed by atoms with Crippen LogP contribution in [-0.4, -0.2) is 29.7 Å². The molecule has 1 aliphatic rings. The molecule has 1 fully saturated rings. The average molecular weight is 441 g/mol. The summed E-state index contributed by atoms with van der Waals surface area (Å²) in [4.78, 5) is 11.7. The molecule has 0 aliphatic heterocycles. The molecule has 32 heavy (non-hydrogen) atoms. The number of amides is 1. The van der Waals surface area contributed by atoms with Crippen molar-refractivity contribution in [3.8, 4) is 12.3 Å². The summed E-state index contributed by atoms with van der Waals surface area (Å²) in [7, 11) is 0. The predicted octanol–water partition coefficient (Wildman–Crippen LogP) is 3.80. The van der Waals surface area contributed by atoms with Crippen LogP contribution in [0.1, 0.15) is 55.7 Å². The molecule has 0 aromatic heterocycles. The molecule has 4 nitrogen and oxygen atoms in total. The average Bonchev–Trinajstić information content (AvgIpc) is 2.76. The minimum atomic E-state index is -0.958. The molecule has 1 saturated carbocycles. The van der Waals surface area contributed by atoms with Crippen LogP contribution in [0.4, 0.5) is 8.78 Å². The van der Waals surface area contributed by atoms with Gasteiger partial charge in [-0.2, -0.15) is 0 Å². The van der Waals surface area contributed by atoms with Crippen LogP contribution in [-0.2, 0) is 16.8 Å². The van der Waals surface area contributed by atoms with Crippen molar-refractivity contribution >= 4 is 5.91 Å². The molecule has 2 aromatic carbocycles. The predicted molar refractivity (Wildman–Crippen MR) is 121 cm³/mol. The Labute approximate surface area is 188 Å². The molecule has 0 radical (unpaired) electrons. The van der Waals surface area contributed by atoms with E-state index in [4.69, 9.17) is 6.42 Å². The van der Waals surface area contributed by atoms with E-state index >= 15 is 0 Å². The van der Waals surface area contributed by atoms with E-state index in [1.807, 2.05) is 24.3 Å². The van der Waals surface area contributed by atoms with E-state index < -0.39 is 23.8 Å². The first-order valence-electron chi connectivity index (χ1n) is 11.0. The number of halogens is 2. The molecule has 0 bridgehead atoms. The van der Waals surface area contributed by atoms with Crippen molar-refractivity contribution in [2.75, 3.05) is 6.54 Å². The molecule has 0 unspecified atom stereocenters. The molecule has 3 N–H and O–H groups in total. The zero-order valence-corrected chi connectivity index (χ0v) is 18.3. The van der Waals surface area contributed by atoms with E-state index in [2.05, 4.69) is 16.6 Å². The Morgan fingerprint density at radius 1 is 1.16 bits per heavy atom. The minimum Gasteiger partial charge on any atom is -0.390 e. The fourth-order valence-electron chi connectivity index (χ4n) is 4.60. The second kappa shape index (κ2) is 10.7. The molecule has 0 heterocycles. The number of carbonyl (C=O) groups excluding carboxylic acids is 1. The molecular weight excluding hydrogens is 410 g/mol. The molecule has 2 aromatic rings. The summed E-state index contributed by atoms with van der Waals surface area (Å²) in [6, 6.07) is 10.4. The summed E-state index contributed by atoms with van der Waals surface area (Å²) in [5, 5.41) is 17.2. The largest absolute Gasteiger partial charge is 0.390 e. The fraction of sp³-hybridized carbons (Fsp3) is 0.423. The Morgan fingerprint density at radius 2 is 1.84 bits per heavy atom. The van der Waals surface area contributed by atoms with Gasteiger partial charge in [0.2, 0.25) is 5.91 Å². The molecule has 1 aliphatic carbocycles. The van der Waals surface area contributed by atoms with E-state index in [-0.39, 0.29) is 24.4 Å². The Balaban J connectivity index is 1.78. The summed E-state index contributed by atoms with van der Waals surface area (Å²) in [6.07, 6.45) is 9.83. The molecule has 0 spiro atoms. The van der Waals surface area contributed by atoms with Gasteiger partial charge in [-0.3, -0.25) is 4.79 Å². The lowest BCUT2D eigenvalue weighted by molar-refractivity contribution is -0.120. The van der Waals surface area contributed by atoms with Gasteiger partial charge in [-0.05, 0) is 54.7 Å². The monoisotopic (exact) mass is 440 g/mol. The van der Waals surface area contributed by atoms with Gasteiger partial charge >= 0.3 is 0 Å². The van der Waals surface area contributed by atoms with Crippen LogP contribution in [0.2, 0.25) is 0 Å². The van der Waals surface area contributed by atoms with Crippen LogP contribution in [0.25, 0.3) is 0 Å². The van der Waals surface area contributed by atoms with Crippen LogP contribution >= 0.6 is 0 Å². The Kier molecular flexibility index (Phi) is 8.00. The number of benzene rings is 2. The van der Waals surface area contributed by atoms with Crippen LogP contribution < -0.4 is 10.6 Å². The maximum Gasteiger partial charge on any atom is 0.217 e. The van der Waals surface area contributed by atoms with Crippen molar-refractivity contribution in [2.45, 2.75) is 63.1 Å². The van der Waals surface area contributed by atoms with E-state index in [0.717, 1.165) is 49.3 Å². The molecular formula is C26H30F2N2O2. The summed E-state index contributed by atoms with van der Waals surface area (Å²) in [5.41, 5.74) is 1.94. The molecule has 1 amide bonds. The summed E-state index contributed by atoms with van der Waals surface area (Å²) in [6.45, 7) is 1.57. The van der Waals surface area contributed by atoms with Gasteiger partial charge in [-0.15, -0.1) is 6.42 Å². The van der Waals surface area contributed by atoms with Crippen molar-refractivity contribution in [3.63, 3.8) is 0 Å². The van der Waals surface area contributed by atoms with Gasteiger partial charge in [-0.1, -0.05) is 37.3 Å². The topological polar surface area (TPSA) is 61.4 Å². The lowest BCUT2D eigenvalue weighted by atomic mass is 9.76. The van der Waals surface area contributed by atoms with Crippen molar-refractivity contribution in [2.24, 2.45) is 0 Å². The van der Waals surface area contributed by atoms with E-state index in [1.54, 1.807) is 0 Å². The van der Waals surface area contributed by atoms with E-state index in [0.29, 0.717) is 5.56 Å². The van der Waals surface area contributed by atoms with Gasteiger partial charge in [-0.25, -0.2) is 8.78 Å². The highest BCUT2D eigenvalue weighted by molar-refractivity contribution is 5.73. The van der Waals surface area contributed by atoms with Gasteiger partial charge in [0.1, 0.15) is 11.6 Å². The number of hydrogen-bond acceptors (Lipinski definition) is 3.